The van der Waals surface area contributed by atoms with Crippen LogP contribution in [0.5, 0.6) is 0 Å². The van der Waals surface area contributed by atoms with Gasteiger partial charge in [0, 0.05) is 22.7 Å². The highest BCUT2D eigenvalue weighted by molar-refractivity contribution is 7.08. The highest BCUT2D eigenvalue weighted by atomic mass is 32.1. The topological polar surface area (TPSA) is 46.9 Å². The van der Waals surface area contributed by atoms with Crippen LogP contribution >= 0.6 is 11.3 Å². The first-order valence-electron chi connectivity index (χ1n) is 7.99. The molecule has 0 aliphatic heterocycles. The number of aromatic nitrogens is 2. The van der Waals surface area contributed by atoms with Gasteiger partial charge >= 0.3 is 0 Å². The molecule has 1 N–H and O–H groups in total. The second-order valence-electron chi connectivity index (χ2n) is 5.98. The number of carbonyl (C=O) groups excluding carboxylic acids is 1. The number of rotatable bonds is 3. The van der Waals surface area contributed by atoms with Crippen LogP contribution in [0.2, 0.25) is 0 Å². The van der Waals surface area contributed by atoms with Gasteiger partial charge in [-0.15, -0.1) is 0 Å². The molecule has 0 unspecified atom stereocenters. The molecule has 25 heavy (non-hydrogen) atoms. The Bertz CT molecular complexity index is 921. The van der Waals surface area contributed by atoms with Gasteiger partial charge in [-0.3, -0.25) is 4.79 Å². The first-order valence-corrected chi connectivity index (χ1v) is 8.93. The minimum absolute atomic E-state index is 0.125. The summed E-state index contributed by atoms with van der Waals surface area (Å²) in [4.78, 5) is 12.3. The Kier molecular flexibility index (Phi) is 4.09. The molecule has 3 aromatic rings. The van der Waals surface area contributed by atoms with Crippen molar-refractivity contribution in [2.24, 2.45) is 0 Å². The molecule has 4 rings (SSSR count). The van der Waals surface area contributed by atoms with Crippen molar-refractivity contribution < 1.29 is 13.6 Å². The summed E-state index contributed by atoms with van der Waals surface area (Å²) in [6.07, 6.45) is 4.06. The van der Waals surface area contributed by atoms with E-state index in [0.29, 0.717) is 5.56 Å². The van der Waals surface area contributed by atoms with Crippen LogP contribution in [-0.2, 0) is 6.42 Å². The van der Waals surface area contributed by atoms with E-state index in [1.54, 1.807) is 17.6 Å². The molecule has 0 bridgehead atoms. The van der Waals surface area contributed by atoms with Crippen molar-refractivity contribution in [3.63, 3.8) is 0 Å². The number of hydrogen-bond acceptors (Lipinski definition) is 3. The molecule has 1 atom stereocenters. The maximum atomic E-state index is 14.1. The minimum atomic E-state index is -0.657. The van der Waals surface area contributed by atoms with Crippen molar-refractivity contribution in [2.45, 2.75) is 25.3 Å². The fourth-order valence-electron chi connectivity index (χ4n) is 3.20. The number of carbonyl (C=O) groups is 1. The average molecular weight is 359 g/mol. The van der Waals surface area contributed by atoms with Crippen molar-refractivity contribution in [1.82, 2.24) is 15.1 Å². The SMILES string of the molecule is O=C(N[C@H]1CCCc2c1cnn2-c1ccc(F)cc1F)c1ccsc1. The zero-order chi connectivity index (χ0) is 17.4. The van der Waals surface area contributed by atoms with Crippen molar-refractivity contribution in [3.8, 4) is 5.69 Å². The van der Waals surface area contributed by atoms with E-state index in [-0.39, 0.29) is 17.6 Å². The zero-order valence-corrected chi connectivity index (χ0v) is 14.0. The maximum absolute atomic E-state index is 14.1. The summed E-state index contributed by atoms with van der Waals surface area (Å²) in [7, 11) is 0. The van der Waals surface area contributed by atoms with E-state index in [4.69, 9.17) is 0 Å². The maximum Gasteiger partial charge on any atom is 0.252 e. The Labute approximate surface area is 147 Å². The second kappa shape index (κ2) is 6.40. The molecule has 0 fully saturated rings. The number of fused-ring (bicyclic) bond motifs is 1. The van der Waals surface area contributed by atoms with Crippen LogP contribution in [0.1, 0.15) is 40.5 Å². The molecule has 0 spiro atoms. The third kappa shape index (κ3) is 2.95. The lowest BCUT2D eigenvalue weighted by atomic mass is 9.92. The Balaban J connectivity index is 1.65. The standard InChI is InChI=1S/C18H15F2N3OS/c19-12-4-5-17(14(20)8-12)23-16-3-1-2-15(13(16)9-21-23)22-18(24)11-6-7-25-10-11/h4-10,15H,1-3H2,(H,22,24)/t15-/m0/s1. The van der Waals surface area contributed by atoms with Gasteiger partial charge in [0.25, 0.3) is 5.91 Å². The molecule has 128 valence electrons. The van der Waals surface area contributed by atoms with Gasteiger partial charge in [-0.25, -0.2) is 13.5 Å². The van der Waals surface area contributed by atoms with Crippen molar-refractivity contribution >= 4 is 17.2 Å². The predicted molar refractivity (Wildman–Crippen MR) is 90.9 cm³/mol. The lowest BCUT2D eigenvalue weighted by Crippen LogP contribution is -2.30. The molecule has 1 amide bonds. The van der Waals surface area contributed by atoms with Crippen LogP contribution < -0.4 is 5.32 Å². The van der Waals surface area contributed by atoms with Gasteiger partial charge in [-0.1, -0.05) is 0 Å². The molecule has 1 aliphatic carbocycles. The Morgan fingerprint density at radius 3 is 2.96 bits per heavy atom. The summed E-state index contributed by atoms with van der Waals surface area (Å²) in [5, 5.41) is 11.0. The molecule has 0 saturated carbocycles. The van der Waals surface area contributed by atoms with Crippen LogP contribution in [0.15, 0.2) is 41.2 Å². The third-order valence-electron chi connectivity index (χ3n) is 4.41. The summed E-state index contributed by atoms with van der Waals surface area (Å²) in [6.45, 7) is 0. The van der Waals surface area contributed by atoms with Gasteiger partial charge < -0.3 is 5.32 Å². The Morgan fingerprint density at radius 2 is 2.20 bits per heavy atom. The number of halogens is 2. The van der Waals surface area contributed by atoms with Crippen LogP contribution in [0.4, 0.5) is 8.78 Å². The number of thiophene rings is 1. The Hall–Kier alpha value is -2.54. The van der Waals surface area contributed by atoms with E-state index in [0.717, 1.165) is 36.6 Å². The van der Waals surface area contributed by atoms with Gasteiger partial charge in [0.15, 0.2) is 5.82 Å². The normalized spacial score (nSPS) is 16.5. The first-order chi connectivity index (χ1) is 12.1. The lowest BCUT2D eigenvalue weighted by molar-refractivity contribution is 0.0933. The molecule has 4 nitrogen and oxygen atoms in total. The number of amides is 1. The average Bonchev–Trinajstić information content (AvgIpc) is 3.25. The van der Waals surface area contributed by atoms with Gasteiger partial charge in [-0.2, -0.15) is 16.4 Å². The van der Waals surface area contributed by atoms with Crippen LogP contribution in [0, 0.1) is 11.6 Å². The number of hydrogen-bond donors (Lipinski definition) is 1. The molecule has 7 heteroatoms. The molecular weight excluding hydrogens is 344 g/mol. The van der Waals surface area contributed by atoms with Gasteiger partial charge in [-0.05, 0) is 42.8 Å². The van der Waals surface area contributed by atoms with E-state index in [1.165, 1.54) is 28.2 Å². The number of nitrogens with one attached hydrogen (secondary N) is 1. The molecule has 2 aromatic heterocycles. The summed E-state index contributed by atoms with van der Waals surface area (Å²) in [6, 6.07) is 5.06. The number of benzene rings is 1. The molecule has 2 heterocycles. The van der Waals surface area contributed by atoms with E-state index in [1.807, 2.05) is 5.38 Å². The Morgan fingerprint density at radius 1 is 1.32 bits per heavy atom. The van der Waals surface area contributed by atoms with E-state index in [9.17, 15) is 13.6 Å². The molecule has 1 aliphatic rings. The summed E-state index contributed by atoms with van der Waals surface area (Å²) in [5.74, 6) is -1.40. The summed E-state index contributed by atoms with van der Waals surface area (Å²) < 4.78 is 28.8. The van der Waals surface area contributed by atoms with Crippen molar-refractivity contribution in [2.75, 3.05) is 0 Å². The van der Waals surface area contributed by atoms with E-state index < -0.39 is 11.6 Å². The quantitative estimate of drug-likeness (QED) is 0.768. The van der Waals surface area contributed by atoms with Gasteiger partial charge in [0.05, 0.1) is 17.8 Å². The molecular formula is C18H15F2N3OS. The largest absolute Gasteiger partial charge is 0.345 e. The van der Waals surface area contributed by atoms with Crippen LogP contribution in [0.25, 0.3) is 5.69 Å². The zero-order valence-electron chi connectivity index (χ0n) is 13.2. The summed E-state index contributed by atoms with van der Waals surface area (Å²) >= 11 is 1.47. The predicted octanol–water partition coefficient (Wildman–Crippen LogP) is 4.02. The fraction of sp³-hybridized carbons (Fsp3) is 0.222. The fourth-order valence-corrected chi connectivity index (χ4v) is 3.84. The minimum Gasteiger partial charge on any atom is -0.345 e. The summed E-state index contributed by atoms with van der Waals surface area (Å²) in [5.41, 5.74) is 2.59. The van der Waals surface area contributed by atoms with Crippen molar-refractivity contribution in [3.05, 3.63) is 69.7 Å². The number of nitrogens with zero attached hydrogens (tertiary/aromatic N) is 2. The molecule has 0 saturated heterocycles. The molecule has 1 aromatic carbocycles. The monoisotopic (exact) mass is 359 g/mol. The van der Waals surface area contributed by atoms with Crippen molar-refractivity contribution in [1.29, 1.82) is 0 Å². The van der Waals surface area contributed by atoms with E-state index in [2.05, 4.69) is 10.4 Å². The first kappa shape index (κ1) is 16.0. The second-order valence-corrected chi connectivity index (χ2v) is 6.76. The van der Waals surface area contributed by atoms with Crippen LogP contribution in [0.3, 0.4) is 0 Å². The smallest absolute Gasteiger partial charge is 0.252 e. The molecule has 0 radical (unpaired) electrons. The highest BCUT2D eigenvalue weighted by Gasteiger charge is 2.27. The lowest BCUT2D eigenvalue weighted by Gasteiger charge is -2.24. The highest BCUT2D eigenvalue weighted by Crippen LogP contribution is 2.32. The van der Waals surface area contributed by atoms with Gasteiger partial charge in [0.1, 0.15) is 11.5 Å². The van der Waals surface area contributed by atoms with Gasteiger partial charge in [0.2, 0.25) is 0 Å². The third-order valence-corrected chi connectivity index (χ3v) is 5.09. The van der Waals surface area contributed by atoms with E-state index >= 15 is 0 Å². The van der Waals surface area contributed by atoms with Crippen LogP contribution in [-0.4, -0.2) is 15.7 Å².